The fraction of sp³-hybridized carbons (Fsp3) is 0.154. The number of amides is 1. The molecule has 43 heavy (non-hydrogen) atoms. The maximum atomic E-state index is 12.9. The SMILES string of the molecule is O=C(NC[C@H](NS(=O)(=O)c1ccccc1)C(=O)OC(=O)C(F)(F)F)c1cc(=O)n2cc(CNc3ncccn3)ccc2c1. The van der Waals surface area contributed by atoms with Crippen molar-refractivity contribution in [1.29, 1.82) is 0 Å². The Hall–Kier alpha value is -5.16. The standard InChI is InChI=1S/C26H21F3N6O7S/c27-26(28,29)24(39)42-23(38)20(34-43(40,41)19-5-2-1-3-6-19)14-32-22(37)17-11-18-8-7-16(15-35(18)21(36)12-17)13-33-25-30-9-4-10-31-25/h1-12,15,20,34H,13-14H2,(H,32,37)(H,30,31,33)/t20-/m0/s1. The number of hydrogen-bond acceptors (Lipinski definition) is 10. The number of carbonyl (C=O) groups is 3. The van der Waals surface area contributed by atoms with E-state index in [1.54, 1.807) is 30.6 Å². The molecule has 0 aliphatic carbocycles. The second-order valence-corrected chi connectivity index (χ2v) is 10.5. The van der Waals surface area contributed by atoms with Gasteiger partial charge >= 0.3 is 18.1 Å². The van der Waals surface area contributed by atoms with Crippen LogP contribution in [0.5, 0.6) is 0 Å². The largest absolute Gasteiger partial charge is 0.491 e. The van der Waals surface area contributed by atoms with Crippen molar-refractivity contribution in [1.82, 2.24) is 24.4 Å². The molecule has 4 rings (SSSR count). The van der Waals surface area contributed by atoms with Crippen LogP contribution in [0, 0.1) is 0 Å². The first-order chi connectivity index (χ1) is 20.3. The van der Waals surface area contributed by atoms with Crippen LogP contribution in [0.1, 0.15) is 15.9 Å². The van der Waals surface area contributed by atoms with Crippen LogP contribution in [0.4, 0.5) is 19.1 Å². The number of fused-ring (bicyclic) bond motifs is 1. The Kier molecular flexibility index (Phi) is 9.15. The summed E-state index contributed by atoms with van der Waals surface area (Å²) in [5.41, 5.74) is 0.170. The highest BCUT2D eigenvalue weighted by Crippen LogP contribution is 2.17. The fourth-order valence-electron chi connectivity index (χ4n) is 3.62. The minimum atomic E-state index is -5.54. The maximum absolute atomic E-state index is 12.9. The summed E-state index contributed by atoms with van der Waals surface area (Å²) < 4.78 is 70.2. The first kappa shape index (κ1) is 30.8. The fourth-order valence-corrected chi connectivity index (χ4v) is 4.83. The second-order valence-electron chi connectivity index (χ2n) is 8.74. The van der Waals surface area contributed by atoms with Gasteiger partial charge in [0, 0.05) is 48.8 Å². The number of aromatic nitrogens is 3. The van der Waals surface area contributed by atoms with Gasteiger partial charge in [0.2, 0.25) is 16.0 Å². The van der Waals surface area contributed by atoms with Crippen molar-refractivity contribution in [3.8, 4) is 0 Å². The lowest BCUT2D eigenvalue weighted by molar-refractivity contribution is -0.202. The lowest BCUT2D eigenvalue weighted by atomic mass is 10.2. The number of hydrogen-bond donors (Lipinski definition) is 3. The Labute approximate surface area is 240 Å². The minimum Gasteiger partial charge on any atom is -0.385 e. The average Bonchev–Trinajstić information content (AvgIpc) is 2.98. The lowest BCUT2D eigenvalue weighted by Gasteiger charge is -2.18. The molecular weight excluding hydrogens is 597 g/mol. The number of esters is 2. The molecule has 4 aromatic rings. The summed E-state index contributed by atoms with van der Waals surface area (Å²) >= 11 is 0. The number of halogens is 3. The van der Waals surface area contributed by atoms with E-state index in [1.165, 1.54) is 34.9 Å². The second kappa shape index (κ2) is 12.8. The van der Waals surface area contributed by atoms with E-state index in [1.807, 2.05) is 4.72 Å². The average molecular weight is 619 g/mol. The van der Waals surface area contributed by atoms with E-state index in [0.717, 1.165) is 18.2 Å². The Bertz CT molecular complexity index is 1820. The minimum absolute atomic E-state index is 0.196. The first-order valence-electron chi connectivity index (χ1n) is 12.2. The molecule has 13 nitrogen and oxygen atoms in total. The predicted octanol–water partition coefficient (Wildman–Crippen LogP) is 1.41. The molecular formula is C26H21F3N6O7S. The lowest BCUT2D eigenvalue weighted by Crippen LogP contribution is -2.50. The molecule has 0 bridgehead atoms. The molecule has 1 amide bonds. The molecule has 0 aliphatic rings. The summed E-state index contributed by atoms with van der Waals surface area (Å²) in [5, 5.41) is 5.16. The molecule has 224 valence electrons. The van der Waals surface area contributed by atoms with Gasteiger partial charge in [-0.2, -0.15) is 17.9 Å². The molecule has 1 atom stereocenters. The van der Waals surface area contributed by atoms with Crippen molar-refractivity contribution in [2.75, 3.05) is 11.9 Å². The number of nitrogens with zero attached hydrogens (tertiary/aromatic N) is 3. The Morgan fingerprint density at radius 2 is 1.67 bits per heavy atom. The Morgan fingerprint density at radius 1 is 0.977 bits per heavy atom. The van der Waals surface area contributed by atoms with Gasteiger partial charge < -0.3 is 15.4 Å². The van der Waals surface area contributed by atoms with Gasteiger partial charge in [-0.25, -0.2) is 28.0 Å². The van der Waals surface area contributed by atoms with Gasteiger partial charge in [0.05, 0.1) is 4.90 Å². The zero-order chi connectivity index (χ0) is 31.2. The van der Waals surface area contributed by atoms with Crippen molar-refractivity contribution >= 4 is 39.3 Å². The third-order valence-electron chi connectivity index (χ3n) is 5.67. The quantitative estimate of drug-likeness (QED) is 0.174. The van der Waals surface area contributed by atoms with E-state index in [4.69, 9.17) is 0 Å². The highest BCUT2D eigenvalue weighted by molar-refractivity contribution is 7.89. The number of carbonyl (C=O) groups excluding carboxylic acids is 3. The molecule has 0 radical (unpaired) electrons. The van der Waals surface area contributed by atoms with E-state index >= 15 is 0 Å². The highest BCUT2D eigenvalue weighted by atomic mass is 32.2. The van der Waals surface area contributed by atoms with Crippen LogP contribution in [0.25, 0.3) is 5.52 Å². The Balaban J connectivity index is 1.50. The molecule has 3 N–H and O–H groups in total. The molecule has 3 aromatic heterocycles. The number of sulfonamides is 1. The van der Waals surface area contributed by atoms with E-state index in [0.29, 0.717) is 17.0 Å². The molecule has 1 aromatic carbocycles. The van der Waals surface area contributed by atoms with E-state index in [9.17, 15) is 40.8 Å². The number of ether oxygens (including phenoxy) is 1. The molecule has 17 heteroatoms. The molecule has 3 heterocycles. The van der Waals surface area contributed by atoms with E-state index in [2.05, 4.69) is 25.3 Å². The van der Waals surface area contributed by atoms with Gasteiger partial charge in [-0.3, -0.25) is 14.0 Å². The van der Waals surface area contributed by atoms with Gasteiger partial charge in [0.15, 0.2) is 0 Å². The van der Waals surface area contributed by atoms with E-state index in [-0.39, 0.29) is 17.0 Å². The zero-order valence-electron chi connectivity index (χ0n) is 21.7. The van der Waals surface area contributed by atoms with Gasteiger partial charge in [-0.1, -0.05) is 24.3 Å². The van der Waals surface area contributed by atoms with Crippen LogP contribution < -0.4 is 20.9 Å². The number of pyridine rings is 2. The number of alkyl halides is 3. The summed E-state index contributed by atoms with van der Waals surface area (Å²) in [7, 11) is -4.51. The smallest absolute Gasteiger partial charge is 0.385 e. The Morgan fingerprint density at radius 3 is 2.35 bits per heavy atom. The third kappa shape index (κ3) is 7.98. The maximum Gasteiger partial charge on any atom is 0.491 e. The van der Waals surface area contributed by atoms with Crippen LogP contribution in [-0.2, 0) is 30.9 Å². The summed E-state index contributed by atoms with van der Waals surface area (Å²) in [6, 6.07) is 11.5. The van der Waals surface area contributed by atoms with Gasteiger partial charge in [0.1, 0.15) is 6.04 Å². The van der Waals surface area contributed by atoms with Crippen LogP contribution in [0.15, 0.2) is 88.9 Å². The van der Waals surface area contributed by atoms with Crippen LogP contribution in [0.3, 0.4) is 0 Å². The van der Waals surface area contributed by atoms with Gasteiger partial charge in [-0.15, -0.1) is 0 Å². The molecule has 0 unspecified atom stereocenters. The van der Waals surface area contributed by atoms with Gasteiger partial charge in [0.25, 0.3) is 11.5 Å². The number of nitrogens with one attached hydrogen (secondary N) is 3. The highest BCUT2D eigenvalue weighted by Gasteiger charge is 2.44. The van der Waals surface area contributed by atoms with Crippen LogP contribution >= 0.6 is 0 Å². The molecule has 0 aliphatic heterocycles. The number of anilines is 1. The van der Waals surface area contributed by atoms with Crippen LogP contribution in [-0.4, -0.2) is 59.4 Å². The predicted molar refractivity (Wildman–Crippen MR) is 143 cm³/mol. The molecule has 0 fully saturated rings. The summed E-state index contributed by atoms with van der Waals surface area (Å²) in [5.74, 6) is -5.38. The third-order valence-corrected chi connectivity index (χ3v) is 7.15. The normalized spacial score (nSPS) is 12.3. The summed E-state index contributed by atoms with van der Waals surface area (Å²) in [4.78, 5) is 56.9. The van der Waals surface area contributed by atoms with Crippen molar-refractivity contribution in [2.24, 2.45) is 0 Å². The summed E-state index contributed by atoms with van der Waals surface area (Å²) in [6.45, 7) is -0.651. The monoisotopic (exact) mass is 618 g/mol. The van der Waals surface area contributed by atoms with Gasteiger partial charge in [-0.05, 0) is 35.9 Å². The number of benzene rings is 1. The van der Waals surface area contributed by atoms with Crippen molar-refractivity contribution in [2.45, 2.75) is 23.7 Å². The molecule has 0 spiro atoms. The van der Waals surface area contributed by atoms with Crippen molar-refractivity contribution in [3.05, 3.63) is 101 Å². The summed E-state index contributed by atoms with van der Waals surface area (Å²) in [6.07, 6.45) is -0.909. The number of rotatable bonds is 10. The van der Waals surface area contributed by atoms with Crippen LogP contribution in [0.2, 0.25) is 0 Å². The van der Waals surface area contributed by atoms with Crippen molar-refractivity contribution in [3.63, 3.8) is 0 Å². The molecule has 0 saturated heterocycles. The molecule has 0 saturated carbocycles. The first-order valence-corrected chi connectivity index (χ1v) is 13.7. The topological polar surface area (TPSA) is 178 Å². The van der Waals surface area contributed by atoms with E-state index < -0.39 is 52.2 Å². The van der Waals surface area contributed by atoms with Crippen molar-refractivity contribution < 1.29 is 40.7 Å². The zero-order valence-corrected chi connectivity index (χ0v) is 22.6.